The van der Waals surface area contributed by atoms with Gasteiger partial charge in [-0.15, -0.1) is 0 Å². The molecule has 0 saturated carbocycles. The van der Waals surface area contributed by atoms with E-state index in [0.717, 1.165) is 40.1 Å². The Morgan fingerprint density at radius 2 is 1.81 bits per heavy atom. The number of hydrogen-bond acceptors (Lipinski definition) is 3. The second kappa shape index (κ2) is 8.86. The van der Waals surface area contributed by atoms with Crippen LogP contribution in [0.15, 0.2) is 73.6 Å². The van der Waals surface area contributed by atoms with E-state index in [0.29, 0.717) is 31.6 Å². The molecular formula is C25H22F3N3O. The van der Waals surface area contributed by atoms with Crippen LogP contribution in [0.25, 0.3) is 11.1 Å². The van der Waals surface area contributed by atoms with Crippen molar-refractivity contribution in [1.29, 1.82) is 0 Å². The van der Waals surface area contributed by atoms with Gasteiger partial charge in [0.1, 0.15) is 0 Å². The Morgan fingerprint density at radius 1 is 1.09 bits per heavy atom. The maximum absolute atomic E-state index is 13.0. The number of hydrogen-bond donors (Lipinski definition) is 1. The number of carbonyl (C=O) groups is 1. The van der Waals surface area contributed by atoms with Crippen LogP contribution in [0.3, 0.4) is 0 Å². The predicted molar refractivity (Wildman–Crippen MR) is 118 cm³/mol. The standard InChI is InChI=1S/C25H22F3N3O/c1-2-24(32)31-12-9-22-20(16-31)13-19(18-3-5-21(6-4-18)25(26,27)28)14-23(22)30-15-17-7-10-29-11-8-17/h2-8,10-11,13-14,30H,1,9,12,15-16H2. The molecule has 1 aliphatic heterocycles. The topological polar surface area (TPSA) is 45.2 Å². The van der Waals surface area contributed by atoms with Gasteiger partial charge in [0.15, 0.2) is 0 Å². The van der Waals surface area contributed by atoms with Gasteiger partial charge in [0.2, 0.25) is 5.91 Å². The van der Waals surface area contributed by atoms with Gasteiger partial charge in [0.05, 0.1) is 5.56 Å². The van der Waals surface area contributed by atoms with Gasteiger partial charge in [-0.05, 0) is 76.7 Å². The van der Waals surface area contributed by atoms with E-state index in [4.69, 9.17) is 0 Å². The summed E-state index contributed by atoms with van der Waals surface area (Å²) in [6, 6.07) is 12.9. The average molecular weight is 437 g/mol. The number of nitrogens with zero attached hydrogens (tertiary/aromatic N) is 2. The fraction of sp³-hybridized carbons (Fsp3) is 0.200. The molecule has 32 heavy (non-hydrogen) atoms. The molecule has 3 aromatic rings. The average Bonchev–Trinajstić information content (AvgIpc) is 2.81. The minimum atomic E-state index is -4.38. The van der Waals surface area contributed by atoms with Crippen LogP contribution in [0.1, 0.15) is 22.3 Å². The number of halogens is 3. The molecule has 0 fully saturated rings. The lowest BCUT2D eigenvalue weighted by Crippen LogP contribution is -2.35. The van der Waals surface area contributed by atoms with Gasteiger partial charge in [-0.25, -0.2) is 0 Å². The van der Waals surface area contributed by atoms with Crippen molar-refractivity contribution in [2.24, 2.45) is 0 Å². The summed E-state index contributed by atoms with van der Waals surface area (Å²) in [6.45, 7) is 5.16. The van der Waals surface area contributed by atoms with Gasteiger partial charge in [0, 0.05) is 37.7 Å². The maximum atomic E-state index is 13.0. The van der Waals surface area contributed by atoms with Crippen molar-refractivity contribution in [3.05, 3.63) is 95.8 Å². The highest BCUT2D eigenvalue weighted by molar-refractivity contribution is 5.87. The number of carbonyl (C=O) groups excluding carboxylic acids is 1. The third kappa shape index (κ3) is 4.66. The molecule has 7 heteroatoms. The van der Waals surface area contributed by atoms with Gasteiger partial charge >= 0.3 is 6.18 Å². The van der Waals surface area contributed by atoms with Crippen LogP contribution in [0.2, 0.25) is 0 Å². The minimum Gasteiger partial charge on any atom is -0.381 e. The van der Waals surface area contributed by atoms with Crippen molar-refractivity contribution in [1.82, 2.24) is 9.88 Å². The van der Waals surface area contributed by atoms with Crippen LogP contribution >= 0.6 is 0 Å². The van der Waals surface area contributed by atoms with E-state index in [1.165, 1.54) is 18.2 Å². The summed E-state index contributed by atoms with van der Waals surface area (Å²) in [7, 11) is 0. The molecule has 4 nitrogen and oxygen atoms in total. The summed E-state index contributed by atoms with van der Waals surface area (Å²) in [6.07, 6.45) is 1.05. The van der Waals surface area contributed by atoms with Crippen molar-refractivity contribution < 1.29 is 18.0 Å². The molecule has 1 aromatic heterocycles. The van der Waals surface area contributed by atoms with Gasteiger partial charge in [-0.3, -0.25) is 9.78 Å². The van der Waals surface area contributed by atoms with E-state index in [9.17, 15) is 18.0 Å². The molecule has 1 N–H and O–H groups in total. The van der Waals surface area contributed by atoms with Gasteiger partial charge < -0.3 is 10.2 Å². The van der Waals surface area contributed by atoms with Crippen LogP contribution in [-0.2, 0) is 30.5 Å². The van der Waals surface area contributed by atoms with E-state index in [2.05, 4.69) is 16.9 Å². The summed E-state index contributed by atoms with van der Waals surface area (Å²) < 4.78 is 38.9. The molecular weight excluding hydrogens is 415 g/mol. The second-order valence-electron chi connectivity index (χ2n) is 7.66. The summed E-state index contributed by atoms with van der Waals surface area (Å²) in [5.41, 5.74) is 4.86. The maximum Gasteiger partial charge on any atom is 0.416 e. The molecule has 1 aliphatic rings. The molecule has 2 heterocycles. The molecule has 1 amide bonds. The molecule has 0 aliphatic carbocycles. The molecule has 0 radical (unpaired) electrons. The molecule has 0 spiro atoms. The first kappa shape index (κ1) is 21.6. The molecule has 0 atom stereocenters. The predicted octanol–water partition coefficient (Wildman–Crippen LogP) is 5.45. The summed E-state index contributed by atoms with van der Waals surface area (Å²) in [5.74, 6) is -0.137. The Balaban J connectivity index is 1.70. The van der Waals surface area contributed by atoms with E-state index in [1.54, 1.807) is 17.3 Å². The van der Waals surface area contributed by atoms with Gasteiger partial charge in [0.25, 0.3) is 0 Å². The van der Waals surface area contributed by atoms with Crippen LogP contribution < -0.4 is 5.32 Å². The number of rotatable bonds is 5. The van der Waals surface area contributed by atoms with Gasteiger partial charge in [-0.2, -0.15) is 13.2 Å². The molecule has 0 unspecified atom stereocenters. The highest BCUT2D eigenvalue weighted by Gasteiger charge is 2.30. The number of amides is 1. The molecule has 0 saturated heterocycles. The third-order valence-electron chi connectivity index (χ3n) is 5.60. The Bertz CT molecular complexity index is 1130. The smallest absolute Gasteiger partial charge is 0.381 e. The SMILES string of the molecule is C=CC(=O)N1CCc2c(cc(-c3ccc(C(F)(F)F)cc3)cc2NCc2ccncc2)C1. The second-order valence-corrected chi connectivity index (χ2v) is 7.66. The summed E-state index contributed by atoms with van der Waals surface area (Å²) >= 11 is 0. The molecule has 0 bridgehead atoms. The Hall–Kier alpha value is -3.61. The highest BCUT2D eigenvalue weighted by Crippen LogP contribution is 2.35. The van der Waals surface area contributed by atoms with E-state index in [1.807, 2.05) is 24.3 Å². The fourth-order valence-electron chi connectivity index (χ4n) is 3.89. The normalized spacial score (nSPS) is 13.4. The quantitative estimate of drug-likeness (QED) is 0.540. The van der Waals surface area contributed by atoms with Gasteiger partial charge in [-0.1, -0.05) is 18.7 Å². The monoisotopic (exact) mass is 437 g/mol. The lowest BCUT2D eigenvalue weighted by Gasteiger charge is -2.30. The van der Waals surface area contributed by atoms with Crippen molar-refractivity contribution in [2.75, 3.05) is 11.9 Å². The number of pyridine rings is 1. The highest BCUT2D eigenvalue weighted by atomic mass is 19.4. The number of nitrogens with one attached hydrogen (secondary N) is 1. The fourth-order valence-corrected chi connectivity index (χ4v) is 3.89. The zero-order valence-electron chi connectivity index (χ0n) is 17.3. The minimum absolute atomic E-state index is 0.137. The van der Waals surface area contributed by atoms with Crippen molar-refractivity contribution in [3.8, 4) is 11.1 Å². The molecule has 164 valence electrons. The van der Waals surface area contributed by atoms with Crippen molar-refractivity contribution in [2.45, 2.75) is 25.7 Å². The van der Waals surface area contributed by atoms with Crippen LogP contribution in [0.4, 0.5) is 18.9 Å². The first-order valence-corrected chi connectivity index (χ1v) is 10.2. The number of anilines is 1. The zero-order chi connectivity index (χ0) is 22.7. The molecule has 2 aromatic carbocycles. The van der Waals surface area contributed by atoms with E-state index >= 15 is 0 Å². The Kier molecular flexibility index (Phi) is 5.99. The first-order valence-electron chi connectivity index (χ1n) is 10.2. The van der Waals surface area contributed by atoms with Crippen LogP contribution in [-0.4, -0.2) is 22.3 Å². The first-order chi connectivity index (χ1) is 15.3. The number of fused-ring (bicyclic) bond motifs is 1. The van der Waals surface area contributed by atoms with E-state index in [-0.39, 0.29) is 5.91 Å². The Labute approximate surface area is 184 Å². The Morgan fingerprint density at radius 3 is 2.47 bits per heavy atom. The number of aromatic nitrogens is 1. The lowest BCUT2D eigenvalue weighted by molar-refractivity contribution is -0.137. The zero-order valence-corrected chi connectivity index (χ0v) is 17.3. The largest absolute Gasteiger partial charge is 0.416 e. The van der Waals surface area contributed by atoms with Crippen molar-refractivity contribution in [3.63, 3.8) is 0 Å². The van der Waals surface area contributed by atoms with Crippen LogP contribution in [0, 0.1) is 0 Å². The molecule has 4 rings (SSSR count). The number of alkyl halides is 3. The summed E-state index contributed by atoms with van der Waals surface area (Å²) in [5, 5.41) is 3.46. The summed E-state index contributed by atoms with van der Waals surface area (Å²) in [4.78, 5) is 17.9. The van der Waals surface area contributed by atoms with E-state index < -0.39 is 11.7 Å². The van der Waals surface area contributed by atoms with Crippen LogP contribution in [0.5, 0.6) is 0 Å². The third-order valence-corrected chi connectivity index (χ3v) is 5.60. The lowest BCUT2D eigenvalue weighted by atomic mass is 9.92. The van der Waals surface area contributed by atoms with Crippen molar-refractivity contribution >= 4 is 11.6 Å². The number of benzene rings is 2.